The van der Waals surface area contributed by atoms with Crippen molar-refractivity contribution in [1.82, 2.24) is 0 Å². The van der Waals surface area contributed by atoms with Crippen LogP contribution in [0.3, 0.4) is 0 Å². The highest BCUT2D eigenvalue weighted by atomic mass is 79.9. The first-order valence-corrected chi connectivity index (χ1v) is 5.18. The third-order valence-electron chi connectivity index (χ3n) is 1.67. The summed E-state index contributed by atoms with van der Waals surface area (Å²) in [6.07, 6.45) is 1.20. The van der Waals surface area contributed by atoms with Gasteiger partial charge in [0.25, 0.3) is 0 Å². The molecule has 1 nitrogen and oxygen atoms in total. The lowest BCUT2D eigenvalue weighted by Crippen LogP contribution is -1.95. The van der Waals surface area contributed by atoms with Crippen LogP contribution in [0.15, 0.2) is 30.3 Å². The largest absolute Gasteiger partial charge is 0.377 e. The molecule has 0 aliphatic heterocycles. The monoisotopic (exact) mass is 244 g/mol. The highest BCUT2D eigenvalue weighted by molar-refractivity contribution is 9.09. The van der Waals surface area contributed by atoms with E-state index in [4.69, 9.17) is 7.48 Å². The Morgan fingerprint density at radius 2 is 2.00 bits per heavy atom. The summed E-state index contributed by atoms with van der Waals surface area (Å²) in [6, 6.07) is 9.97. The SMILES string of the molecule is [2H]C([2H])(Br)CCCOCc1ccccc1. The smallest absolute Gasteiger partial charge is 0.0716 e. The van der Waals surface area contributed by atoms with E-state index in [-0.39, 0.29) is 0 Å². The van der Waals surface area contributed by atoms with Crippen LogP contribution in [0.25, 0.3) is 0 Å². The molecule has 0 atom stereocenters. The van der Waals surface area contributed by atoms with Crippen LogP contribution in [0.2, 0.25) is 0 Å². The number of ether oxygens (including phenoxy) is 1. The third kappa shape index (κ3) is 5.06. The molecule has 0 saturated carbocycles. The van der Waals surface area contributed by atoms with E-state index >= 15 is 0 Å². The molecule has 0 bridgehead atoms. The van der Waals surface area contributed by atoms with Gasteiger partial charge in [0.1, 0.15) is 0 Å². The molecule has 13 heavy (non-hydrogen) atoms. The molecule has 0 unspecified atom stereocenters. The van der Waals surface area contributed by atoms with E-state index in [1.54, 1.807) is 0 Å². The minimum Gasteiger partial charge on any atom is -0.377 e. The number of rotatable bonds is 6. The Morgan fingerprint density at radius 3 is 2.69 bits per heavy atom. The Balaban J connectivity index is 2.08. The van der Waals surface area contributed by atoms with Crippen LogP contribution in [0.4, 0.5) is 0 Å². The maximum atomic E-state index is 7.26. The molecule has 1 aromatic carbocycles. The molecule has 1 aromatic rings. The lowest BCUT2D eigenvalue weighted by atomic mass is 10.2. The Morgan fingerprint density at radius 1 is 1.23 bits per heavy atom. The fourth-order valence-corrected chi connectivity index (χ4v) is 1.29. The van der Waals surface area contributed by atoms with Gasteiger partial charge in [0.05, 0.1) is 6.61 Å². The highest BCUT2D eigenvalue weighted by Crippen LogP contribution is 2.01. The van der Waals surface area contributed by atoms with Crippen LogP contribution < -0.4 is 0 Å². The van der Waals surface area contributed by atoms with Gasteiger partial charge in [0.15, 0.2) is 0 Å². The van der Waals surface area contributed by atoms with Crippen molar-refractivity contribution < 1.29 is 7.48 Å². The molecular formula is C11H15BrO. The molecular weight excluding hydrogens is 228 g/mol. The van der Waals surface area contributed by atoms with Crippen molar-refractivity contribution in [3.8, 4) is 0 Å². The van der Waals surface area contributed by atoms with Gasteiger partial charge in [-0.25, -0.2) is 0 Å². The average molecular weight is 245 g/mol. The van der Waals surface area contributed by atoms with Crippen molar-refractivity contribution in [3.05, 3.63) is 35.9 Å². The second-order valence-electron chi connectivity index (χ2n) is 2.78. The molecule has 0 aromatic heterocycles. The Kier molecular flexibility index (Phi) is 4.37. The molecule has 72 valence electrons. The molecule has 0 aliphatic carbocycles. The first kappa shape index (κ1) is 8.01. The summed E-state index contributed by atoms with van der Waals surface area (Å²) >= 11 is 2.95. The van der Waals surface area contributed by atoms with Gasteiger partial charge in [-0.2, -0.15) is 0 Å². The van der Waals surface area contributed by atoms with Gasteiger partial charge in [-0.05, 0) is 18.4 Å². The first-order chi connectivity index (χ1) is 7.08. The molecule has 1 rings (SSSR count). The minimum atomic E-state index is -1.26. The predicted molar refractivity (Wildman–Crippen MR) is 59.1 cm³/mol. The van der Waals surface area contributed by atoms with E-state index in [1.165, 1.54) is 0 Å². The standard InChI is InChI=1S/C11H15BrO/c12-8-4-5-9-13-10-11-6-2-1-3-7-11/h1-3,6-7H,4-5,8-10H2/i8D2. The first-order valence-electron chi connectivity index (χ1n) is 5.38. The van der Waals surface area contributed by atoms with E-state index in [0.717, 1.165) is 12.0 Å². The van der Waals surface area contributed by atoms with Gasteiger partial charge in [-0.1, -0.05) is 46.3 Å². The van der Waals surface area contributed by atoms with Gasteiger partial charge in [-0.15, -0.1) is 0 Å². The summed E-state index contributed by atoms with van der Waals surface area (Å²) in [5, 5.41) is -1.26. The zero-order valence-electron chi connectivity index (χ0n) is 9.50. The second kappa shape index (κ2) is 7.10. The molecule has 0 N–H and O–H groups in total. The van der Waals surface area contributed by atoms with E-state index < -0.39 is 5.28 Å². The van der Waals surface area contributed by atoms with Gasteiger partial charge in [0.2, 0.25) is 0 Å². The zero-order valence-corrected chi connectivity index (χ0v) is 9.09. The fourth-order valence-electron chi connectivity index (χ4n) is 1.01. The van der Waals surface area contributed by atoms with E-state index in [9.17, 15) is 0 Å². The van der Waals surface area contributed by atoms with Crippen molar-refractivity contribution in [2.45, 2.75) is 19.4 Å². The summed E-state index contributed by atoms with van der Waals surface area (Å²) in [5.41, 5.74) is 1.15. The summed E-state index contributed by atoms with van der Waals surface area (Å²) in [4.78, 5) is 0. The van der Waals surface area contributed by atoms with Crippen molar-refractivity contribution in [1.29, 1.82) is 0 Å². The van der Waals surface area contributed by atoms with Gasteiger partial charge in [-0.3, -0.25) is 0 Å². The molecule has 0 amide bonds. The summed E-state index contributed by atoms with van der Waals surface area (Å²) in [6.45, 7) is 1.20. The number of hydrogen-bond donors (Lipinski definition) is 0. The Bertz CT molecular complexity index is 272. The van der Waals surface area contributed by atoms with Crippen LogP contribution in [0.1, 0.15) is 21.1 Å². The van der Waals surface area contributed by atoms with Gasteiger partial charge >= 0.3 is 0 Å². The number of alkyl halides is 1. The summed E-state index contributed by atoms with van der Waals surface area (Å²) in [5.74, 6) is 0. The number of benzene rings is 1. The summed E-state index contributed by atoms with van der Waals surface area (Å²) in [7, 11) is 0. The van der Waals surface area contributed by atoms with Gasteiger partial charge in [0, 0.05) is 14.6 Å². The zero-order chi connectivity index (χ0) is 11.1. The topological polar surface area (TPSA) is 9.23 Å². The van der Waals surface area contributed by atoms with Crippen molar-refractivity contribution in [3.63, 3.8) is 0 Å². The van der Waals surface area contributed by atoms with Crippen LogP contribution in [0.5, 0.6) is 0 Å². The third-order valence-corrected chi connectivity index (χ3v) is 2.07. The van der Waals surface area contributed by atoms with Crippen molar-refractivity contribution in [2.24, 2.45) is 0 Å². The fraction of sp³-hybridized carbons (Fsp3) is 0.455. The van der Waals surface area contributed by atoms with E-state index in [0.29, 0.717) is 19.6 Å². The molecule has 0 radical (unpaired) electrons. The highest BCUT2D eigenvalue weighted by Gasteiger charge is 1.91. The molecule has 0 fully saturated rings. The van der Waals surface area contributed by atoms with Crippen molar-refractivity contribution >= 4 is 15.9 Å². The van der Waals surface area contributed by atoms with Crippen LogP contribution in [0, 0.1) is 0 Å². The number of hydrogen-bond acceptors (Lipinski definition) is 1. The minimum absolute atomic E-state index is 0.474. The molecule has 0 aliphatic rings. The normalized spacial score (nSPS) is 13.6. The Hall–Kier alpha value is -0.340. The summed E-state index contributed by atoms with van der Waals surface area (Å²) < 4.78 is 19.9. The van der Waals surface area contributed by atoms with E-state index in [1.807, 2.05) is 30.3 Å². The van der Waals surface area contributed by atoms with Crippen LogP contribution >= 0.6 is 15.9 Å². The van der Waals surface area contributed by atoms with Gasteiger partial charge < -0.3 is 4.74 Å². The van der Waals surface area contributed by atoms with Crippen molar-refractivity contribution in [2.75, 3.05) is 11.9 Å². The lowest BCUT2D eigenvalue weighted by Gasteiger charge is -2.02. The quantitative estimate of drug-likeness (QED) is 0.551. The van der Waals surface area contributed by atoms with E-state index in [2.05, 4.69) is 15.9 Å². The van der Waals surface area contributed by atoms with Crippen LogP contribution in [-0.4, -0.2) is 11.9 Å². The molecule has 0 saturated heterocycles. The average Bonchev–Trinajstić information content (AvgIpc) is 2.17. The maximum Gasteiger partial charge on any atom is 0.0716 e. The second-order valence-corrected chi connectivity index (χ2v) is 3.34. The molecule has 2 heteroatoms. The molecule has 0 spiro atoms. The predicted octanol–water partition coefficient (Wildman–Crippen LogP) is 3.38. The maximum absolute atomic E-state index is 7.26. The molecule has 0 heterocycles. The van der Waals surface area contributed by atoms with Crippen LogP contribution in [-0.2, 0) is 11.3 Å². The Labute approximate surface area is 91.0 Å². The lowest BCUT2D eigenvalue weighted by molar-refractivity contribution is 0.118. The number of halogens is 1.